The van der Waals surface area contributed by atoms with Crippen molar-refractivity contribution in [1.29, 1.82) is 0 Å². The van der Waals surface area contributed by atoms with E-state index >= 15 is 0 Å². The van der Waals surface area contributed by atoms with Gasteiger partial charge in [-0.1, -0.05) is 52.0 Å². The second kappa shape index (κ2) is 3.96. The molecule has 0 saturated carbocycles. The highest BCUT2D eigenvalue weighted by atomic mass is 32.1. The molecule has 0 aliphatic heterocycles. The quantitative estimate of drug-likeness (QED) is 0.681. The van der Waals surface area contributed by atoms with E-state index in [1.807, 2.05) is 11.3 Å². The van der Waals surface area contributed by atoms with E-state index in [2.05, 4.69) is 63.4 Å². The Hall–Kier alpha value is -1.08. The SMILES string of the molecule is CC(C)C1(C(C)C)c2ccccc2-c2sccc21. The first kappa shape index (κ1) is 12.0. The molecule has 1 aromatic heterocycles. The van der Waals surface area contributed by atoms with Crippen LogP contribution in [-0.2, 0) is 5.41 Å². The van der Waals surface area contributed by atoms with Crippen molar-refractivity contribution >= 4 is 11.3 Å². The van der Waals surface area contributed by atoms with Crippen LogP contribution in [0.25, 0.3) is 10.4 Å². The maximum atomic E-state index is 2.36. The molecule has 1 heterocycles. The van der Waals surface area contributed by atoms with E-state index in [0.717, 1.165) is 0 Å². The number of benzene rings is 1. The third kappa shape index (κ3) is 1.26. The second-order valence-electron chi connectivity index (χ2n) is 5.89. The van der Waals surface area contributed by atoms with E-state index in [-0.39, 0.29) is 5.41 Å². The Morgan fingerprint density at radius 3 is 2.22 bits per heavy atom. The normalized spacial score (nSPS) is 16.1. The lowest BCUT2D eigenvalue weighted by molar-refractivity contribution is 0.280. The predicted molar refractivity (Wildman–Crippen MR) is 80.2 cm³/mol. The molecule has 1 aliphatic carbocycles. The zero-order valence-corrected chi connectivity index (χ0v) is 12.3. The average Bonchev–Trinajstić information content (AvgIpc) is 2.86. The first-order chi connectivity index (χ1) is 8.60. The molecule has 0 N–H and O–H groups in total. The molecular weight excluding hydrogens is 236 g/mol. The Morgan fingerprint density at radius 2 is 1.56 bits per heavy atom. The molecule has 0 bridgehead atoms. The van der Waals surface area contributed by atoms with Crippen LogP contribution in [0.1, 0.15) is 38.8 Å². The molecule has 94 valence electrons. The van der Waals surface area contributed by atoms with Crippen LogP contribution in [-0.4, -0.2) is 0 Å². The number of rotatable bonds is 2. The van der Waals surface area contributed by atoms with Gasteiger partial charge in [0.25, 0.3) is 0 Å². The van der Waals surface area contributed by atoms with Gasteiger partial charge in [-0.15, -0.1) is 11.3 Å². The molecule has 1 aromatic carbocycles. The van der Waals surface area contributed by atoms with Gasteiger partial charge in [0.15, 0.2) is 0 Å². The van der Waals surface area contributed by atoms with Crippen LogP contribution in [0.15, 0.2) is 35.7 Å². The van der Waals surface area contributed by atoms with Crippen LogP contribution in [0.5, 0.6) is 0 Å². The molecule has 0 saturated heterocycles. The third-order valence-corrected chi connectivity index (χ3v) is 5.50. The van der Waals surface area contributed by atoms with E-state index in [0.29, 0.717) is 11.8 Å². The first-order valence-corrected chi connectivity index (χ1v) is 7.66. The summed E-state index contributed by atoms with van der Waals surface area (Å²) < 4.78 is 0. The monoisotopic (exact) mass is 256 g/mol. The van der Waals surface area contributed by atoms with Gasteiger partial charge >= 0.3 is 0 Å². The molecule has 0 amide bonds. The van der Waals surface area contributed by atoms with Crippen molar-refractivity contribution in [1.82, 2.24) is 0 Å². The topological polar surface area (TPSA) is 0 Å². The van der Waals surface area contributed by atoms with Gasteiger partial charge in [-0.2, -0.15) is 0 Å². The van der Waals surface area contributed by atoms with Gasteiger partial charge in [-0.05, 0) is 40.0 Å². The lowest BCUT2D eigenvalue weighted by atomic mass is 9.63. The van der Waals surface area contributed by atoms with Gasteiger partial charge < -0.3 is 0 Å². The van der Waals surface area contributed by atoms with Crippen molar-refractivity contribution in [2.45, 2.75) is 33.1 Å². The molecular formula is C17H20S. The maximum absolute atomic E-state index is 2.36. The summed E-state index contributed by atoms with van der Waals surface area (Å²) in [5.74, 6) is 1.24. The van der Waals surface area contributed by atoms with Crippen molar-refractivity contribution in [3.05, 3.63) is 46.8 Å². The second-order valence-corrected chi connectivity index (χ2v) is 6.80. The minimum absolute atomic E-state index is 0.200. The summed E-state index contributed by atoms with van der Waals surface area (Å²) in [6, 6.07) is 11.3. The van der Waals surface area contributed by atoms with Gasteiger partial charge in [0.2, 0.25) is 0 Å². The zero-order valence-electron chi connectivity index (χ0n) is 11.5. The molecule has 1 aliphatic rings. The number of hydrogen-bond acceptors (Lipinski definition) is 1. The summed E-state index contributed by atoms with van der Waals surface area (Å²) in [5, 5.41) is 2.25. The number of fused-ring (bicyclic) bond motifs is 3. The molecule has 2 aromatic rings. The Kier molecular flexibility index (Phi) is 2.63. The Bertz CT molecular complexity index is 567. The lowest BCUT2D eigenvalue weighted by Crippen LogP contribution is -2.37. The fourth-order valence-electron chi connectivity index (χ4n) is 3.94. The third-order valence-electron chi connectivity index (χ3n) is 4.55. The molecule has 0 atom stereocenters. The minimum atomic E-state index is 0.200. The van der Waals surface area contributed by atoms with Crippen molar-refractivity contribution in [3.8, 4) is 10.4 Å². The smallest absolute Gasteiger partial charge is 0.0387 e. The Balaban J connectivity index is 2.40. The van der Waals surface area contributed by atoms with E-state index in [1.165, 1.54) is 16.0 Å². The van der Waals surface area contributed by atoms with Crippen LogP contribution >= 0.6 is 11.3 Å². The van der Waals surface area contributed by atoms with Crippen LogP contribution in [0.3, 0.4) is 0 Å². The molecule has 0 nitrogen and oxygen atoms in total. The van der Waals surface area contributed by atoms with E-state index in [1.54, 1.807) is 5.56 Å². The number of hydrogen-bond donors (Lipinski definition) is 0. The van der Waals surface area contributed by atoms with Crippen LogP contribution in [0.4, 0.5) is 0 Å². The molecule has 3 rings (SSSR count). The molecule has 18 heavy (non-hydrogen) atoms. The number of thiophene rings is 1. The molecule has 0 radical (unpaired) electrons. The van der Waals surface area contributed by atoms with Gasteiger partial charge in [0.1, 0.15) is 0 Å². The first-order valence-electron chi connectivity index (χ1n) is 6.78. The van der Waals surface area contributed by atoms with Gasteiger partial charge in [-0.25, -0.2) is 0 Å². The Morgan fingerprint density at radius 1 is 0.889 bits per heavy atom. The summed E-state index contributed by atoms with van der Waals surface area (Å²) in [6.07, 6.45) is 0. The van der Waals surface area contributed by atoms with Crippen LogP contribution in [0, 0.1) is 11.8 Å². The molecule has 0 spiro atoms. The van der Waals surface area contributed by atoms with E-state index in [9.17, 15) is 0 Å². The van der Waals surface area contributed by atoms with Crippen molar-refractivity contribution < 1.29 is 0 Å². The van der Waals surface area contributed by atoms with Gasteiger partial charge in [-0.3, -0.25) is 0 Å². The van der Waals surface area contributed by atoms with E-state index in [4.69, 9.17) is 0 Å². The molecule has 0 fully saturated rings. The summed E-state index contributed by atoms with van der Waals surface area (Å²) in [4.78, 5) is 1.49. The predicted octanol–water partition coefficient (Wildman–Crippen LogP) is 5.33. The fraction of sp³-hybridized carbons (Fsp3) is 0.412. The Labute approximate surface area is 114 Å². The molecule has 1 heteroatoms. The standard InChI is InChI=1S/C17H20S/c1-11(2)17(12(3)4)14-8-6-5-7-13(14)16-15(17)9-10-18-16/h5-12H,1-4H3. The summed E-state index contributed by atoms with van der Waals surface area (Å²) >= 11 is 1.89. The van der Waals surface area contributed by atoms with Crippen LogP contribution in [0.2, 0.25) is 0 Å². The summed E-state index contributed by atoms with van der Waals surface area (Å²) in [5.41, 5.74) is 4.76. The van der Waals surface area contributed by atoms with Gasteiger partial charge in [0.05, 0.1) is 0 Å². The van der Waals surface area contributed by atoms with Crippen molar-refractivity contribution in [2.75, 3.05) is 0 Å². The summed E-state index contributed by atoms with van der Waals surface area (Å²) in [6.45, 7) is 9.46. The highest BCUT2D eigenvalue weighted by Crippen LogP contribution is 2.57. The van der Waals surface area contributed by atoms with Crippen LogP contribution < -0.4 is 0 Å². The minimum Gasteiger partial charge on any atom is -0.143 e. The highest BCUT2D eigenvalue weighted by molar-refractivity contribution is 7.14. The lowest BCUT2D eigenvalue weighted by Gasteiger charge is -2.39. The van der Waals surface area contributed by atoms with Gasteiger partial charge in [0, 0.05) is 10.3 Å². The maximum Gasteiger partial charge on any atom is 0.0387 e. The van der Waals surface area contributed by atoms with E-state index < -0.39 is 0 Å². The molecule has 0 unspecified atom stereocenters. The highest BCUT2D eigenvalue weighted by Gasteiger charge is 2.48. The zero-order chi connectivity index (χ0) is 12.9. The summed E-state index contributed by atoms with van der Waals surface area (Å²) in [7, 11) is 0. The largest absolute Gasteiger partial charge is 0.143 e. The average molecular weight is 256 g/mol. The van der Waals surface area contributed by atoms with Crippen molar-refractivity contribution in [3.63, 3.8) is 0 Å². The van der Waals surface area contributed by atoms with Crippen molar-refractivity contribution in [2.24, 2.45) is 11.8 Å². The fourth-order valence-corrected chi connectivity index (χ4v) is 4.95.